The van der Waals surface area contributed by atoms with E-state index in [-0.39, 0.29) is 17.6 Å². The first-order valence-electron chi connectivity index (χ1n) is 8.75. The second kappa shape index (κ2) is 10.6. The molecule has 1 heterocycles. The highest BCUT2D eigenvalue weighted by Gasteiger charge is 2.09. The summed E-state index contributed by atoms with van der Waals surface area (Å²) in [6, 6.07) is 6.96. The summed E-state index contributed by atoms with van der Waals surface area (Å²) in [6.07, 6.45) is 6.05. The van der Waals surface area contributed by atoms with E-state index in [0.29, 0.717) is 23.0 Å². The number of benzene rings is 1. The Morgan fingerprint density at radius 2 is 2.08 bits per heavy atom. The number of thioether (sulfide) groups is 1. The van der Waals surface area contributed by atoms with Crippen LogP contribution in [-0.4, -0.2) is 38.9 Å². The topological polar surface area (TPSA) is 88.9 Å². The van der Waals surface area contributed by atoms with Crippen molar-refractivity contribution in [1.82, 2.24) is 20.1 Å². The van der Waals surface area contributed by atoms with Crippen molar-refractivity contribution in [2.24, 2.45) is 7.05 Å². The van der Waals surface area contributed by atoms with E-state index in [2.05, 4.69) is 27.8 Å². The molecule has 0 aliphatic rings. The van der Waals surface area contributed by atoms with Crippen molar-refractivity contribution in [3.63, 3.8) is 0 Å². The maximum Gasteiger partial charge on any atom is 0.251 e. The van der Waals surface area contributed by atoms with Gasteiger partial charge in [0.1, 0.15) is 6.33 Å². The van der Waals surface area contributed by atoms with Crippen LogP contribution in [0, 0.1) is 0 Å². The fourth-order valence-corrected chi connectivity index (χ4v) is 3.01. The third-order valence-corrected chi connectivity index (χ3v) is 4.76. The van der Waals surface area contributed by atoms with Gasteiger partial charge in [0, 0.05) is 24.8 Å². The molecule has 26 heavy (non-hydrogen) atoms. The first kappa shape index (κ1) is 20.0. The molecule has 2 N–H and O–H groups in total. The van der Waals surface area contributed by atoms with E-state index in [4.69, 9.17) is 0 Å². The van der Waals surface area contributed by atoms with E-state index in [1.54, 1.807) is 35.2 Å². The van der Waals surface area contributed by atoms with Crippen LogP contribution in [0.3, 0.4) is 0 Å². The highest BCUT2D eigenvalue weighted by Crippen LogP contribution is 2.15. The summed E-state index contributed by atoms with van der Waals surface area (Å²) in [7, 11) is 1.82. The van der Waals surface area contributed by atoms with Crippen LogP contribution >= 0.6 is 11.8 Å². The van der Waals surface area contributed by atoms with Gasteiger partial charge >= 0.3 is 0 Å². The second-order valence-corrected chi connectivity index (χ2v) is 6.90. The second-order valence-electron chi connectivity index (χ2n) is 5.96. The van der Waals surface area contributed by atoms with Gasteiger partial charge in [-0.25, -0.2) is 0 Å². The van der Waals surface area contributed by atoms with Gasteiger partial charge in [0.15, 0.2) is 5.16 Å². The van der Waals surface area contributed by atoms with E-state index < -0.39 is 0 Å². The smallest absolute Gasteiger partial charge is 0.251 e. The molecule has 1 aromatic heterocycles. The number of aryl methyl sites for hydroxylation is 1. The van der Waals surface area contributed by atoms with E-state index in [9.17, 15) is 9.59 Å². The molecule has 140 valence electrons. The minimum atomic E-state index is -0.157. The van der Waals surface area contributed by atoms with Crippen LogP contribution in [0.5, 0.6) is 0 Å². The predicted octanol–water partition coefficient (Wildman–Crippen LogP) is 2.86. The van der Waals surface area contributed by atoms with Gasteiger partial charge in [0.2, 0.25) is 5.91 Å². The Morgan fingerprint density at radius 1 is 1.23 bits per heavy atom. The number of aromatic nitrogens is 3. The lowest BCUT2D eigenvalue weighted by molar-refractivity contribution is -0.113. The van der Waals surface area contributed by atoms with Crippen molar-refractivity contribution < 1.29 is 9.59 Å². The number of carbonyl (C=O) groups is 2. The fraction of sp³-hybridized carbons (Fsp3) is 0.444. The molecule has 0 radical (unpaired) electrons. The van der Waals surface area contributed by atoms with Gasteiger partial charge in [-0.15, -0.1) is 10.2 Å². The lowest BCUT2D eigenvalue weighted by atomic mass is 10.1. The molecule has 1 aromatic carbocycles. The number of nitrogens with one attached hydrogen (secondary N) is 2. The largest absolute Gasteiger partial charge is 0.352 e. The third-order valence-electron chi connectivity index (χ3n) is 3.73. The van der Waals surface area contributed by atoms with Crippen LogP contribution in [0.25, 0.3) is 0 Å². The van der Waals surface area contributed by atoms with Gasteiger partial charge < -0.3 is 15.2 Å². The summed E-state index contributed by atoms with van der Waals surface area (Å²) in [5.41, 5.74) is 1.14. The van der Waals surface area contributed by atoms with E-state index in [1.807, 2.05) is 7.05 Å². The molecule has 0 saturated carbocycles. The lowest BCUT2D eigenvalue weighted by Crippen LogP contribution is -2.24. The molecule has 0 bridgehead atoms. The molecule has 0 unspecified atom stereocenters. The zero-order valence-corrected chi connectivity index (χ0v) is 16.0. The van der Waals surface area contributed by atoms with E-state index in [0.717, 1.165) is 12.8 Å². The first-order valence-corrected chi connectivity index (χ1v) is 9.73. The molecule has 0 spiro atoms. The summed E-state index contributed by atoms with van der Waals surface area (Å²) < 4.78 is 1.75. The molecule has 2 rings (SSSR count). The van der Waals surface area contributed by atoms with Crippen LogP contribution in [0.4, 0.5) is 5.69 Å². The SMILES string of the molecule is CCCCCCNC(=O)c1cccc(NC(=O)CSc2nncn2C)c1. The van der Waals surface area contributed by atoms with Gasteiger partial charge in [-0.3, -0.25) is 9.59 Å². The maximum atomic E-state index is 12.2. The fourth-order valence-electron chi connectivity index (χ4n) is 2.32. The van der Waals surface area contributed by atoms with Crippen molar-refractivity contribution in [2.45, 2.75) is 37.8 Å². The van der Waals surface area contributed by atoms with Crippen molar-refractivity contribution in [3.8, 4) is 0 Å². The Morgan fingerprint density at radius 3 is 2.81 bits per heavy atom. The van der Waals surface area contributed by atoms with Crippen LogP contribution in [0.15, 0.2) is 35.7 Å². The number of carbonyl (C=O) groups excluding carboxylic acids is 2. The Kier molecular flexibility index (Phi) is 8.14. The van der Waals surface area contributed by atoms with Crippen LogP contribution in [0.2, 0.25) is 0 Å². The molecular weight excluding hydrogens is 350 g/mol. The molecule has 2 aromatic rings. The number of rotatable bonds is 10. The quantitative estimate of drug-likeness (QED) is 0.492. The molecule has 0 aliphatic heterocycles. The third kappa shape index (κ3) is 6.51. The van der Waals surface area contributed by atoms with Crippen molar-refractivity contribution in [2.75, 3.05) is 17.6 Å². The number of amides is 2. The normalized spacial score (nSPS) is 10.5. The van der Waals surface area contributed by atoms with Crippen LogP contribution in [0.1, 0.15) is 43.0 Å². The molecular formula is C18H25N5O2S. The minimum Gasteiger partial charge on any atom is -0.352 e. The summed E-state index contributed by atoms with van der Waals surface area (Å²) in [4.78, 5) is 24.3. The van der Waals surface area contributed by atoms with Gasteiger partial charge in [-0.2, -0.15) is 0 Å². The maximum absolute atomic E-state index is 12.2. The van der Waals surface area contributed by atoms with Crippen molar-refractivity contribution >= 4 is 29.3 Å². The van der Waals surface area contributed by atoms with Gasteiger partial charge in [-0.05, 0) is 24.6 Å². The average molecular weight is 375 g/mol. The minimum absolute atomic E-state index is 0.119. The molecule has 0 saturated heterocycles. The standard InChI is InChI=1S/C18H25N5O2S/c1-3-4-5-6-10-19-17(25)14-8-7-9-15(11-14)21-16(24)12-26-18-22-20-13-23(18)2/h7-9,11,13H,3-6,10,12H2,1-2H3,(H,19,25)(H,21,24). The lowest BCUT2D eigenvalue weighted by Gasteiger charge is -2.08. The Labute approximate surface area is 158 Å². The van der Waals surface area contributed by atoms with Crippen molar-refractivity contribution in [3.05, 3.63) is 36.2 Å². The molecule has 0 aliphatic carbocycles. The summed E-state index contributed by atoms with van der Waals surface area (Å²) in [5.74, 6) is -0.0541. The molecule has 8 heteroatoms. The molecule has 7 nitrogen and oxygen atoms in total. The van der Waals surface area contributed by atoms with Gasteiger partial charge in [-0.1, -0.05) is 44.0 Å². The average Bonchev–Trinajstić information content (AvgIpc) is 3.05. The van der Waals surface area contributed by atoms with E-state index in [1.165, 1.54) is 24.6 Å². The number of anilines is 1. The zero-order chi connectivity index (χ0) is 18.8. The number of nitrogens with zero attached hydrogens (tertiary/aromatic N) is 3. The summed E-state index contributed by atoms with van der Waals surface area (Å²) >= 11 is 1.31. The highest BCUT2D eigenvalue weighted by atomic mass is 32.2. The number of hydrogen-bond donors (Lipinski definition) is 2. The van der Waals surface area contributed by atoms with Crippen molar-refractivity contribution in [1.29, 1.82) is 0 Å². The Bertz CT molecular complexity index is 732. The predicted molar refractivity (Wildman–Crippen MR) is 103 cm³/mol. The zero-order valence-electron chi connectivity index (χ0n) is 15.2. The summed E-state index contributed by atoms with van der Waals surface area (Å²) in [6.45, 7) is 2.83. The highest BCUT2D eigenvalue weighted by molar-refractivity contribution is 7.99. The Hall–Kier alpha value is -2.35. The van der Waals surface area contributed by atoms with E-state index >= 15 is 0 Å². The van der Waals surface area contributed by atoms with Gasteiger partial charge in [0.05, 0.1) is 5.75 Å². The molecule has 2 amide bonds. The van der Waals surface area contributed by atoms with Crippen LogP contribution < -0.4 is 10.6 Å². The first-order chi connectivity index (χ1) is 12.6. The van der Waals surface area contributed by atoms with Crippen LogP contribution in [-0.2, 0) is 11.8 Å². The Balaban J connectivity index is 1.81. The molecule has 0 fully saturated rings. The molecule has 0 atom stereocenters. The monoisotopic (exact) mass is 375 g/mol. The van der Waals surface area contributed by atoms with Gasteiger partial charge in [0.25, 0.3) is 5.91 Å². The number of unbranched alkanes of at least 4 members (excludes halogenated alkanes) is 3. The number of hydrogen-bond acceptors (Lipinski definition) is 5. The summed E-state index contributed by atoms with van der Waals surface area (Å²) in [5, 5.41) is 14.1.